The lowest BCUT2D eigenvalue weighted by molar-refractivity contribution is 0.0403. The van der Waals surface area contributed by atoms with Gasteiger partial charge in [-0.1, -0.05) is 36.4 Å². The lowest BCUT2D eigenvalue weighted by Gasteiger charge is -2.48. The first kappa shape index (κ1) is 14.7. The molecule has 0 amide bonds. The number of nitrogens with zero attached hydrogens (tertiary/aromatic N) is 2. The van der Waals surface area contributed by atoms with E-state index in [4.69, 9.17) is 4.74 Å². The van der Waals surface area contributed by atoms with Crippen molar-refractivity contribution in [1.29, 1.82) is 0 Å². The van der Waals surface area contributed by atoms with Crippen LogP contribution in [0, 0.1) is 0 Å². The van der Waals surface area contributed by atoms with E-state index in [1.165, 1.54) is 16.7 Å². The Balaban J connectivity index is 1.77. The van der Waals surface area contributed by atoms with Gasteiger partial charge in [-0.25, -0.2) is 0 Å². The summed E-state index contributed by atoms with van der Waals surface area (Å²) in [4.78, 5) is 5.15. The molecule has 2 aromatic carbocycles. The molecule has 0 aliphatic carbocycles. The fourth-order valence-corrected chi connectivity index (χ4v) is 4.10. The van der Waals surface area contributed by atoms with Crippen molar-refractivity contribution in [2.45, 2.75) is 18.5 Å². The molecule has 0 saturated carbocycles. The first-order valence-electron chi connectivity index (χ1n) is 8.42. The van der Waals surface area contributed by atoms with Crippen molar-refractivity contribution in [2.24, 2.45) is 0 Å². The van der Waals surface area contributed by atoms with Crippen LogP contribution in [0.25, 0.3) is 0 Å². The monoisotopic (exact) mass is 308 g/mol. The molecule has 2 atom stereocenters. The minimum atomic E-state index is 0.467. The van der Waals surface area contributed by atoms with E-state index in [2.05, 4.69) is 65.4 Å². The van der Waals surface area contributed by atoms with Crippen molar-refractivity contribution in [3.8, 4) is 5.75 Å². The summed E-state index contributed by atoms with van der Waals surface area (Å²) in [7, 11) is 3.98. The number of piperazine rings is 1. The number of fused-ring (bicyclic) bond motifs is 3. The zero-order valence-corrected chi connectivity index (χ0v) is 13.9. The molecule has 0 radical (unpaired) electrons. The predicted molar refractivity (Wildman–Crippen MR) is 92.8 cm³/mol. The highest BCUT2D eigenvalue weighted by molar-refractivity contribution is 5.41. The molecule has 2 heterocycles. The van der Waals surface area contributed by atoms with Gasteiger partial charge < -0.3 is 9.64 Å². The molecule has 0 aromatic heterocycles. The largest absolute Gasteiger partial charge is 0.497 e. The highest BCUT2D eigenvalue weighted by Crippen LogP contribution is 2.42. The van der Waals surface area contributed by atoms with Gasteiger partial charge in [0.2, 0.25) is 0 Å². The van der Waals surface area contributed by atoms with Gasteiger partial charge in [-0.3, -0.25) is 4.90 Å². The van der Waals surface area contributed by atoms with Crippen LogP contribution < -0.4 is 4.74 Å². The highest BCUT2D eigenvalue weighted by Gasteiger charge is 2.37. The summed E-state index contributed by atoms with van der Waals surface area (Å²) < 4.78 is 5.45. The number of likely N-dealkylation sites (N-methyl/N-ethyl adjacent to an activating group) is 1. The molecular formula is C20H24N2O. The second-order valence-electron chi connectivity index (χ2n) is 6.71. The van der Waals surface area contributed by atoms with Gasteiger partial charge in [0, 0.05) is 31.7 Å². The van der Waals surface area contributed by atoms with E-state index in [1.54, 1.807) is 7.11 Å². The minimum Gasteiger partial charge on any atom is -0.497 e. The molecule has 0 N–H and O–H groups in total. The quantitative estimate of drug-likeness (QED) is 0.847. The summed E-state index contributed by atoms with van der Waals surface area (Å²) in [6.07, 6.45) is 1.07. The Morgan fingerprint density at radius 2 is 1.83 bits per heavy atom. The van der Waals surface area contributed by atoms with Crippen molar-refractivity contribution in [2.75, 3.05) is 33.8 Å². The van der Waals surface area contributed by atoms with Crippen LogP contribution in [0.5, 0.6) is 5.75 Å². The molecule has 1 saturated heterocycles. The van der Waals surface area contributed by atoms with Crippen molar-refractivity contribution in [1.82, 2.24) is 9.80 Å². The highest BCUT2D eigenvalue weighted by atomic mass is 16.5. The third-order valence-corrected chi connectivity index (χ3v) is 5.33. The Labute approximate surface area is 138 Å². The van der Waals surface area contributed by atoms with Crippen LogP contribution in [-0.4, -0.2) is 43.6 Å². The normalized spacial score (nSPS) is 24.8. The molecule has 1 fully saturated rings. The van der Waals surface area contributed by atoms with Crippen LogP contribution in [-0.2, 0) is 6.42 Å². The van der Waals surface area contributed by atoms with Crippen LogP contribution in [0.15, 0.2) is 48.5 Å². The smallest absolute Gasteiger partial charge is 0.119 e. The topological polar surface area (TPSA) is 15.7 Å². The van der Waals surface area contributed by atoms with Crippen LogP contribution >= 0.6 is 0 Å². The number of hydrogen-bond acceptors (Lipinski definition) is 3. The van der Waals surface area contributed by atoms with Crippen LogP contribution in [0.4, 0.5) is 0 Å². The fraction of sp³-hybridized carbons (Fsp3) is 0.400. The molecule has 0 unspecified atom stereocenters. The van der Waals surface area contributed by atoms with Crippen LogP contribution in [0.3, 0.4) is 0 Å². The minimum absolute atomic E-state index is 0.467. The number of ether oxygens (including phenoxy) is 1. The summed E-state index contributed by atoms with van der Waals surface area (Å²) >= 11 is 0. The Morgan fingerprint density at radius 3 is 2.61 bits per heavy atom. The standard InChI is InChI=1S/C20H24N2O/c1-21-10-11-22-19(15-6-4-3-5-7-15)13-16-12-17(23-2)8-9-18(16)20(22)14-21/h3-9,12,19-20H,10-11,13-14H2,1-2H3/t19-,20+/m1/s1. The average molecular weight is 308 g/mol. The Kier molecular flexibility index (Phi) is 3.83. The van der Waals surface area contributed by atoms with E-state index in [0.717, 1.165) is 31.8 Å². The van der Waals surface area contributed by atoms with E-state index in [0.29, 0.717) is 12.1 Å². The predicted octanol–water partition coefficient (Wildman–Crippen LogP) is 3.28. The lowest BCUT2D eigenvalue weighted by atomic mass is 9.84. The summed E-state index contributed by atoms with van der Waals surface area (Å²) in [6.45, 7) is 3.38. The maximum absolute atomic E-state index is 5.45. The number of methoxy groups -OCH3 is 1. The molecule has 3 heteroatoms. The van der Waals surface area contributed by atoms with Crippen molar-refractivity contribution in [3.63, 3.8) is 0 Å². The zero-order chi connectivity index (χ0) is 15.8. The van der Waals surface area contributed by atoms with E-state index in [1.807, 2.05) is 0 Å². The zero-order valence-electron chi connectivity index (χ0n) is 13.9. The maximum Gasteiger partial charge on any atom is 0.119 e. The van der Waals surface area contributed by atoms with Gasteiger partial charge in [0.25, 0.3) is 0 Å². The van der Waals surface area contributed by atoms with Gasteiger partial charge in [0.1, 0.15) is 5.75 Å². The Bertz CT molecular complexity index is 685. The fourth-order valence-electron chi connectivity index (χ4n) is 4.10. The average Bonchev–Trinajstić information content (AvgIpc) is 2.61. The van der Waals surface area contributed by atoms with Gasteiger partial charge in [0.05, 0.1) is 7.11 Å². The molecule has 3 nitrogen and oxygen atoms in total. The van der Waals surface area contributed by atoms with Gasteiger partial charge in [-0.2, -0.15) is 0 Å². The Morgan fingerprint density at radius 1 is 1.00 bits per heavy atom. The molecule has 2 aliphatic rings. The molecule has 0 spiro atoms. The van der Waals surface area contributed by atoms with Gasteiger partial charge in [-0.05, 0) is 42.3 Å². The van der Waals surface area contributed by atoms with Gasteiger partial charge in [0.15, 0.2) is 0 Å². The molecule has 120 valence electrons. The number of hydrogen-bond donors (Lipinski definition) is 0. The number of benzene rings is 2. The van der Waals surface area contributed by atoms with E-state index >= 15 is 0 Å². The SMILES string of the molecule is COc1ccc2c(c1)C[C@H](c1ccccc1)N1CCN(C)C[C@@H]21. The third kappa shape index (κ3) is 2.64. The van der Waals surface area contributed by atoms with Crippen molar-refractivity contribution < 1.29 is 4.74 Å². The molecule has 0 bridgehead atoms. The summed E-state index contributed by atoms with van der Waals surface area (Å²) in [5.41, 5.74) is 4.34. The summed E-state index contributed by atoms with van der Waals surface area (Å²) in [6, 6.07) is 18.5. The Hall–Kier alpha value is -1.84. The molecule has 2 aromatic rings. The van der Waals surface area contributed by atoms with Crippen LogP contribution in [0.2, 0.25) is 0 Å². The lowest BCUT2D eigenvalue weighted by Crippen LogP contribution is -2.50. The molecule has 2 aliphatic heterocycles. The molecule has 4 rings (SSSR count). The second-order valence-corrected chi connectivity index (χ2v) is 6.71. The second kappa shape index (κ2) is 5.99. The van der Waals surface area contributed by atoms with E-state index < -0.39 is 0 Å². The van der Waals surface area contributed by atoms with Gasteiger partial charge >= 0.3 is 0 Å². The first-order chi connectivity index (χ1) is 11.3. The summed E-state index contributed by atoms with van der Waals surface area (Å²) in [5, 5.41) is 0. The van der Waals surface area contributed by atoms with Crippen molar-refractivity contribution >= 4 is 0 Å². The van der Waals surface area contributed by atoms with Gasteiger partial charge in [-0.15, -0.1) is 0 Å². The van der Waals surface area contributed by atoms with E-state index in [-0.39, 0.29) is 0 Å². The number of rotatable bonds is 2. The summed E-state index contributed by atoms with van der Waals surface area (Å²) in [5.74, 6) is 0.966. The molecular weight excluding hydrogens is 284 g/mol. The maximum atomic E-state index is 5.45. The first-order valence-corrected chi connectivity index (χ1v) is 8.42. The van der Waals surface area contributed by atoms with Crippen molar-refractivity contribution in [3.05, 3.63) is 65.2 Å². The van der Waals surface area contributed by atoms with E-state index in [9.17, 15) is 0 Å². The molecule has 23 heavy (non-hydrogen) atoms. The van der Waals surface area contributed by atoms with Crippen LogP contribution in [0.1, 0.15) is 28.8 Å². The third-order valence-electron chi connectivity index (χ3n) is 5.33.